The fourth-order valence-electron chi connectivity index (χ4n) is 8.70. The molecule has 5 rings (SSSR count). The Kier molecular flexibility index (Phi) is 35.3. The minimum absolute atomic E-state index is 0.0150. The van der Waals surface area contributed by atoms with Gasteiger partial charge in [0.15, 0.2) is 23.0 Å². The minimum atomic E-state index is -1.48. The zero-order chi connectivity index (χ0) is 73.0. The van der Waals surface area contributed by atoms with Crippen molar-refractivity contribution >= 4 is 30.2 Å². The predicted molar refractivity (Wildman–Crippen MR) is 357 cm³/mol. The second-order valence-electron chi connectivity index (χ2n) is 26.1. The third-order valence-electron chi connectivity index (χ3n) is 13.4. The van der Waals surface area contributed by atoms with Crippen LogP contribution in [0.3, 0.4) is 0 Å². The average Bonchev–Trinajstić information content (AvgIpc) is 0.832. The highest BCUT2D eigenvalue weighted by Gasteiger charge is 2.41. The number of carbonyl (C=O) groups is 5. The van der Waals surface area contributed by atoms with Gasteiger partial charge in [-0.05, 0) is 214 Å². The molecule has 0 fully saturated rings. The number of nitrogens with zero attached hydrogens (tertiary/aromatic N) is 1. The maximum Gasteiger partial charge on any atom is 0.420 e. The lowest BCUT2D eigenvalue weighted by molar-refractivity contribution is -0.146. The van der Waals surface area contributed by atoms with Crippen LogP contribution in [0.4, 0.5) is 36.3 Å². The molecule has 530 valence electrons. The van der Waals surface area contributed by atoms with Crippen LogP contribution in [-0.2, 0) is 65.4 Å². The van der Waals surface area contributed by atoms with Crippen molar-refractivity contribution in [1.82, 2.24) is 10.2 Å². The molecule has 0 saturated carbocycles. The molecular weight excluding hydrogens is 1230 g/mol. The van der Waals surface area contributed by atoms with Crippen LogP contribution in [0.15, 0.2) is 66.7 Å². The Morgan fingerprint density at radius 3 is 1.17 bits per heavy atom. The van der Waals surface area contributed by atoms with E-state index in [1.165, 1.54) is 51.7 Å². The van der Waals surface area contributed by atoms with Crippen molar-refractivity contribution in [2.24, 2.45) is 11.8 Å². The van der Waals surface area contributed by atoms with Gasteiger partial charge in [0, 0.05) is 25.0 Å². The number of benzene rings is 5. The number of carbonyl (C=O) groups excluding carboxylic acids is 5. The molecule has 3 amide bonds. The van der Waals surface area contributed by atoms with E-state index in [2.05, 4.69) is 37.7 Å². The maximum atomic E-state index is 14.6. The standard InChI is InChI=1S/C22H32FNO6.C17H24FNO4.C12H17FO2.C11H15FO2.C11H15FO/c1-13-10-15(16(23)11-14(13)2)12-17(18(25)28-9)24(19(26)29-21(3,4)5)20(27)30-22(6,7)8;1-10-7-12(13(18)8-11(10)2)9-14(15(20)22-6)19-16(21)23-17(3,4)5;1-8(2)5-9-6-11(14-3)12(15-4)7-10(9)13;1-4-5-8-6-10(13-2)11(14-3)7-9(8)12;1-8(2)6-9-7-10(13-3)4-5-11(9)12/h10-11,17H,12H2,1-9H3;7-8,14H,9H2,1-6H3,(H,19,21);6-8H,5H2,1-4H3;6-7H,4-5H2,1-3H3;4-5,7-8H,6H2,1-3H3/t17-;14-;;;/m00.../s1/i23-1;18-1;13-1;2*12-1. The molecule has 0 radical (unpaired) electrons. The van der Waals surface area contributed by atoms with Crippen LogP contribution in [0.2, 0.25) is 0 Å². The predicted octanol–water partition coefficient (Wildman–Crippen LogP) is 16.6. The molecule has 0 aliphatic heterocycles. The van der Waals surface area contributed by atoms with Gasteiger partial charge >= 0.3 is 30.2 Å². The Balaban J connectivity index is 0.000000617. The number of rotatable bonds is 19. The molecule has 0 saturated heterocycles. The summed E-state index contributed by atoms with van der Waals surface area (Å²) in [7, 11) is 10.0. The van der Waals surface area contributed by atoms with E-state index < -0.39 is 70.7 Å². The summed E-state index contributed by atoms with van der Waals surface area (Å²) in [6.07, 6.45) is -0.157. The van der Waals surface area contributed by atoms with Crippen molar-refractivity contribution in [1.29, 1.82) is 0 Å². The van der Waals surface area contributed by atoms with Gasteiger partial charge < -0.3 is 52.7 Å². The largest absolute Gasteiger partial charge is 0.497 e. The van der Waals surface area contributed by atoms with Gasteiger partial charge in [0.05, 0.1) is 49.8 Å². The number of amides is 3. The quantitative estimate of drug-likeness (QED) is 0.0466. The van der Waals surface area contributed by atoms with E-state index in [1.54, 1.807) is 141 Å². The average molecular weight is 1340 g/mol. The maximum absolute atomic E-state index is 14.6. The summed E-state index contributed by atoms with van der Waals surface area (Å²) in [5.74, 6) is 0.474. The van der Waals surface area contributed by atoms with Gasteiger partial charge in [0.25, 0.3) is 0 Å². The highest BCUT2D eigenvalue weighted by Crippen LogP contribution is 2.32. The third kappa shape index (κ3) is 30.3. The Bertz CT molecular complexity index is 3270. The van der Waals surface area contributed by atoms with Crippen molar-refractivity contribution in [3.8, 4) is 28.7 Å². The SMILES string of the molecule is CCCc1cc(OC)c(OC)cc1[18F].COC(=O)[C@H](Cc1cc(C)c(C)cc1[18F])N(C(=O)OC(C)(C)C)C(=O)OC(C)(C)C.COC(=O)[C@H](Cc1cc(C)c(C)cc1[18F])NC(=O)OC(C)(C)C.COc1cc([18F])c(CC(C)C)cc1OC.COc1ccc([18F])c(CC(C)C)c1. The molecule has 2 atom stereocenters. The minimum Gasteiger partial charge on any atom is -0.497 e. The van der Waals surface area contributed by atoms with Crippen LogP contribution in [0.25, 0.3) is 0 Å². The Labute approximate surface area is 559 Å². The van der Waals surface area contributed by atoms with Crippen molar-refractivity contribution in [3.05, 3.63) is 146 Å². The number of esters is 2. The number of methoxy groups -OCH3 is 7. The van der Waals surface area contributed by atoms with E-state index in [0.717, 1.165) is 53.5 Å². The van der Waals surface area contributed by atoms with E-state index in [-0.39, 0.29) is 35.9 Å². The summed E-state index contributed by atoms with van der Waals surface area (Å²) in [5, 5.41) is 2.43. The van der Waals surface area contributed by atoms with Gasteiger partial charge in [-0.3, -0.25) is 0 Å². The molecule has 5 aromatic rings. The number of ether oxygens (including phenoxy) is 10. The monoisotopic (exact) mass is 1340 g/mol. The van der Waals surface area contributed by atoms with Gasteiger partial charge in [-0.15, -0.1) is 0 Å². The van der Waals surface area contributed by atoms with E-state index in [1.807, 2.05) is 13.8 Å². The molecule has 0 heterocycles. The first-order valence-corrected chi connectivity index (χ1v) is 31.1. The van der Waals surface area contributed by atoms with Gasteiger partial charge in [-0.25, -0.2) is 45.9 Å². The molecule has 0 aliphatic carbocycles. The molecule has 0 spiro atoms. The van der Waals surface area contributed by atoms with Gasteiger partial charge in [-0.1, -0.05) is 53.2 Å². The summed E-state index contributed by atoms with van der Waals surface area (Å²) in [5.41, 5.74) is 3.25. The summed E-state index contributed by atoms with van der Waals surface area (Å²) >= 11 is 0. The topological polar surface area (TPSA) is 193 Å². The second kappa shape index (κ2) is 39.5. The lowest BCUT2D eigenvalue weighted by atomic mass is 9.99. The summed E-state index contributed by atoms with van der Waals surface area (Å²) in [4.78, 5) is 62.5. The highest BCUT2D eigenvalue weighted by atomic mass is 18.2. The third-order valence-corrected chi connectivity index (χ3v) is 13.4. The second-order valence-corrected chi connectivity index (χ2v) is 26.1. The summed E-state index contributed by atoms with van der Waals surface area (Å²) in [6, 6.07) is 14.5. The lowest BCUT2D eigenvalue weighted by Crippen LogP contribution is -2.53. The van der Waals surface area contributed by atoms with Crippen molar-refractivity contribution in [2.75, 3.05) is 49.8 Å². The van der Waals surface area contributed by atoms with E-state index >= 15 is 0 Å². The molecule has 0 bridgehead atoms. The molecule has 95 heavy (non-hydrogen) atoms. The fourth-order valence-corrected chi connectivity index (χ4v) is 8.70. The van der Waals surface area contributed by atoms with E-state index in [4.69, 9.17) is 42.6 Å². The Morgan fingerprint density at radius 1 is 0.432 bits per heavy atom. The molecule has 0 unspecified atom stereocenters. The molecular formula is C73H103F5N2O15. The summed E-state index contributed by atoms with van der Waals surface area (Å²) in [6.45, 7) is 32.3. The van der Waals surface area contributed by atoms with Crippen LogP contribution in [0.5, 0.6) is 28.7 Å². The smallest absolute Gasteiger partial charge is 0.420 e. The van der Waals surface area contributed by atoms with Crippen LogP contribution in [0.1, 0.15) is 153 Å². The molecule has 1 N–H and O–H groups in total. The number of hydrogen-bond acceptors (Lipinski definition) is 15. The molecule has 17 nitrogen and oxygen atoms in total. The lowest BCUT2D eigenvalue weighted by Gasteiger charge is -2.32. The van der Waals surface area contributed by atoms with Gasteiger partial charge in [0.2, 0.25) is 0 Å². The summed E-state index contributed by atoms with van der Waals surface area (Å²) < 4.78 is 119. The number of halogens is 5. The molecule has 0 aliphatic rings. The van der Waals surface area contributed by atoms with E-state index in [9.17, 15) is 45.9 Å². The number of hydrogen-bond donors (Lipinski definition) is 1. The zero-order valence-corrected chi connectivity index (χ0v) is 60.4. The number of aryl methyl sites for hydroxylation is 5. The van der Waals surface area contributed by atoms with E-state index in [0.29, 0.717) is 69.3 Å². The molecule has 0 aromatic heterocycles. The van der Waals surface area contributed by atoms with Crippen LogP contribution < -0.4 is 29.0 Å². The van der Waals surface area contributed by atoms with Crippen molar-refractivity contribution in [2.45, 2.75) is 192 Å². The first-order chi connectivity index (χ1) is 44.0. The first kappa shape index (κ1) is 84.7. The van der Waals surface area contributed by atoms with Crippen molar-refractivity contribution < 1.29 is 93.3 Å². The highest BCUT2D eigenvalue weighted by molar-refractivity contribution is 5.94. The van der Waals surface area contributed by atoms with Crippen LogP contribution >= 0.6 is 0 Å². The Hall–Kier alpha value is -8.30. The molecule has 5 aromatic carbocycles. The number of nitrogens with one attached hydrogen (secondary N) is 1. The normalized spacial score (nSPS) is 11.6. The zero-order valence-electron chi connectivity index (χ0n) is 60.4. The number of alkyl carbamates (subject to hydrolysis) is 1. The first-order valence-electron chi connectivity index (χ1n) is 31.1. The van der Waals surface area contributed by atoms with Crippen LogP contribution in [-0.4, -0.2) is 114 Å². The van der Waals surface area contributed by atoms with Gasteiger partial charge in [0.1, 0.15) is 63.7 Å². The van der Waals surface area contributed by atoms with Crippen LogP contribution in [0, 0.1) is 68.6 Å². The molecule has 22 heteroatoms. The number of imide groups is 1. The van der Waals surface area contributed by atoms with Crippen molar-refractivity contribution in [3.63, 3.8) is 0 Å². The fraction of sp³-hybridized carbons (Fsp3) is 0.521. The Morgan fingerprint density at radius 2 is 0.789 bits per heavy atom. The van der Waals surface area contributed by atoms with Gasteiger partial charge in [-0.2, -0.15) is 4.90 Å².